The van der Waals surface area contributed by atoms with Gasteiger partial charge in [0.2, 0.25) is 5.09 Å². The van der Waals surface area contributed by atoms with Crippen LogP contribution in [0.25, 0.3) is 0 Å². The Hall–Kier alpha value is -0.890. The standard InChI is InChI=1S/C14H24N2O4S/c1-3-15-10-12-4-5-13(20-12)21(17,18)16-11-14(2)6-8-19-9-7-14/h4-5,15-16H,3,6-11H2,1-2H3. The van der Waals surface area contributed by atoms with Crippen LogP contribution in [-0.4, -0.2) is 34.7 Å². The van der Waals surface area contributed by atoms with E-state index in [1.807, 2.05) is 6.92 Å². The molecule has 1 fully saturated rings. The van der Waals surface area contributed by atoms with E-state index in [0.717, 1.165) is 19.4 Å². The van der Waals surface area contributed by atoms with Gasteiger partial charge in [-0.15, -0.1) is 0 Å². The average Bonchev–Trinajstić information content (AvgIpc) is 2.94. The molecule has 7 heteroatoms. The van der Waals surface area contributed by atoms with E-state index >= 15 is 0 Å². The van der Waals surface area contributed by atoms with Crippen molar-refractivity contribution >= 4 is 10.0 Å². The Balaban J connectivity index is 1.96. The fraction of sp³-hybridized carbons (Fsp3) is 0.714. The van der Waals surface area contributed by atoms with Crippen LogP contribution in [0.4, 0.5) is 0 Å². The zero-order valence-electron chi connectivity index (χ0n) is 12.6. The maximum atomic E-state index is 12.2. The van der Waals surface area contributed by atoms with Crippen LogP contribution >= 0.6 is 0 Å². The first-order valence-electron chi connectivity index (χ1n) is 7.32. The Labute approximate surface area is 126 Å². The minimum Gasteiger partial charge on any atom is -0.447 e. The van der Waals surface area contributed by atoms with Crippen molar-refractivity contribution in [2.75, 3.05) is 26.3 Å². The summed E-state index contributed by atoms with van der Waals surface area (Å²) in [7, 11) is -3.59. The highest BCUT2D eigenvalue weighted by Crippen LogP contribution is 2.29. The van der Waals surface area contributed by atoms with Gasteiger partial charge in [0, 0.05) is 19.8 Å². The zero-order valence-corrected chi connectivity index (χ0v) is 13.5. The van der Waals surface area contributed by atoms with Crippen molar-refractivity contribution in [3.8, 4) is 0 Å². The number of sulfonamides is 1. The van der Waals surface area contributed by atoms with Crippen LogP contribution in [0.2, 0.25) is 0 Å². The lowest BCUT2D eigenvalue weighted by Crippen LogP contribution is -2.39. The van der Waals surface area contributed by atoms with Gasteiger partial charge in [-0.05, 0) is 36.9 Å². The van der Waals surface area contributed by atoms with Gasteiger partial charge in [-0.2, -0.15) is 0 Å². The number of furan rings is 1. The number of rotatable bonds is 7. The van der Waals surface area contributed by atoms with E-state index in [1.165, 1.54) is 6.07 Å². The monoisotopic (exact) mass is 316 g/mol. The van der Waals surface area contributed by atoms with Crippen molar-refractivity contribution in [1.29, 1.82) is 0 Å². The molecule has 0 aromatic carbocycles. The van der Waals surface area contributed by atoms with Crippen LogP contribution < -0.4 is 10.0 Å². The van der Waals surface area contributed by atoms with Gasteiger partial charge in [0.15, 0.2) is 0 Å². The second-order valence-corrected chi connectivity index (χ2v) is 7.45. The molecular weight excluding hydrogens is 292 g/mol. The van der Waals surface area contributed by atoms with Gasteiger partial charge >= 0.3 is 0 Å². The van der Waals surface area contributed by atoms with Crippen molar-refractivity contribution in [1.82, 2.24) is 10.0 Å². The number of ether oxygens (including phenoxy) is 1. The van der Waals surface area contributed by atoms with E-state index < -0.39 is 10.0 Å². The largest absolute Gasteiger partial charge is 0.447 e. The van der Waals surface area contributed by atoms with E-state index in [2.05, 4.69) is 17.0 Å². The minimum absolute atomic E-state index is 0.0222. The quantitative estimate of drug-likeness (QED) is 0.796. The van der Waals surface area contributed by atoms with E-state index in [-0.39, 0.29) is 10.5 Å². The van der Waals surface area contributed by atoms with E-state index in [0.29, 0.717) is 32.1 Å². The Morgan fingerprint density at radius 1 is 1.29 bits per heavy atom. The predicted molar refractivity (Wildman–Crippen MR) is 79.4 cm³/mol. The normalized spacial score (nSPS) is 18.8. The van der Waals surface area contributed by atoms with Crippen molar-refractivity contribution in [3.05, 3.63) is 17.9 Å². The summed E-state index contributed by atoms with van der Waals surface area (Å²) in [6.45, 7) is 7.18. The third kappa shape index (κ3) is 4.54. The fourth-order valence-electron chi connectivity index (χ4n) is 2.23. The van der Waals surface area contributed by atoms with Gasteiger partial charge < -0.3 is 14.5 Å². The first-order valence-corrected chi connectivity index (χ1v) is 8.80. The third-order valence-electron chi connectivity index (χ3n) is 3.84. The highest BCUT2D eigenvalue weighted by atomic mass is 32.2. The second-order valence-electron chi connectivity index (χ2n) is 5.75. The lowest BCUT2D eigenvalue weighted by Gasteiger charge is -2.33. The van der Waals surface area contributed by atoms with Crippen molar-refractivity contribution in [2.45, 2.75) is 38.3 Å². The summed E-state index contributed by atoms with van der Waals surface area (Å²) in [4.78, 5) is 0. The third-order valence-corrected chi connectivity index (χ3v) is 5.11. The summed E-state index contributed by atoms with van der Waals surface area (Å²) in [5.41, 5.74) is -0.0511. The molecule has 21 heavy (non-hydrogen) atoms. The average molecular weight is 316 g/mol. The smallest absolute Gasteiger partial charge is 0.273 e. The van der Waals surface area contributed by atoms with E-state index in [1.54, 1.807) is 6.07 Å². The summed E-state index contributed by atoms with van der Waals surface area (Å²) >= 11 is 0. The molecular formula is C14H24N2O4S. The fourth-order valence-corrected chi connectivity index (χ4v) is 3.37. The zero-order chi connectivity index (χ0) is 15.3. The van der Waals surface area contributed by atoms with Crippen LogP contribution in [0.1, 0.15) is 32.4 Å². The minimum atomic E-state index is -3.59. The van der Waals surface area contributed by atoms with E-state index in [4.69, 9.17) is 9.15 Å². The van der Waals surface area contributed by atoms with Crippen LogP contribution in [0.5, 0.6) is 0 Å². The lowest BCUT2D eigenvalue weighted by atomic mass is 9.83. The lowest BCUT2D eigenvalue weighted by molar-refractivity contribution is 0.0264. The van der Waals surface area contributed by atoms with Crippen molar-refractivity contribution in [3.63, 3.8) is 0 Å². The molecule has 6 nitrogen and oxygen atoms in total. The molecule has 0 amide bonds. The predicted octanol–water partition coefficient (Wildman–Crippen LogP) is 1.48. The first-order chi connectivity index (χ1) is 9.95. The van der Waals surface area contributed by atoms with Gasteiger partial charge in [-0.3, -0.25) is 0 Å². The molecule has 0 radical (unpaired) electrons. The number of nitrogens with one attached hydrogen (secondary N) is 2. The topological polar surface area (TPSA) is 80.6 Å². The van der Waals surface area contributed by atoms with Gasteiger partial charge in [0.1, 0.15) is 5.76 Å². The molecule has 1 aromatic heterocycles. The first kappa shape index (κ1) is 16.5. The Morgan fingerprint density at radius 3 is 2.67 bits per heavy atom. The molecule has 1 aliphatic rings. The highest BCUT2D eigenvalue weighted by Gasteiger charge is 2.30. The molecule has 1 aliphatic heterocycles. The van der Waals surface area contributed by atoms with Crippen LogP contribution in [-0.2, 0) is 21.3 Å². The van der Waals surface area contributed by atoms with Crippen LogP contribution in [0.15, 0.2) is 21.6 Å². The molecule has 2 heterocycles. The molecule has 1 saturated heterocycles. The summed E-state index contributed by atoms with van der Waals surface area (Å²) in [6, 6.07) is 3.19. The Kier molecular flexibility index (Phi) is 5.43. The molecule has 0 spiro atoms. The van der Waals surface area contributed by atoms with Gasteiger partial charge in [-0.25, -0.2) is 13.1 Å². The molecule has 0 aliphatic carbocycles. The molecule has 2 N–H and O–H groups in total. The molecule has 1 aromatic rings. The van der Waals surface area contributed by atoms with Crippen LogP contribution in [0.3, 0.4) is 0 Å². The molecule has 0 saturated carbocycles. The maximum Gasteiger partial charge on any atom is 0.273 e. The summed E-state index contributed by atoms with van der Waals surface area (Å²) in [5.74, 6) is 0.620. The van der Waals surface area contributed by atoms with Gasteiger partial charge in [0.05, 0.1) is 6.54 Å². The summed E-state index contributed by atoms with van der Waals surface area (Å²) in [6.07, 6.45) is 1.72. The molecule has 120 valence electrons. The van der Waals surface area contributed by atoms with Crippen molar-refractivity contribution < 1.29 is 17.6 Å². The molecule has 0 unspecified atom stereocenters. The molecule has 0 atom stereocenters. The van der Waals surface area contributed by atoms with Gasteiger partial charge in [-0.1, -0.05) is 13.8 Å². The summed E-state index contributed by atoms with van der Waals surface area (Å²) < 4.78 is 37.9. The SMILES string of the molecule is CCNCc1ccc(S(=O)(=O)NCC2(C)CCOCC2)o1. The number of hydrogen-bond donors (Lipinski definition) is 2. The Morgan fingerprint density at radius 2 is 2.00 bits per heavy atom. The van der Waals surface area contributed by atoms with Crippen LogP contribution in [0, 0.1) is 5.41 Å². The second kappa shape index (κ2) is 6.91. The van der Waals surface area contributed by atoms with Crippen molar-refractivity contribution in [2.24, 2.45) is 5.41 Å². The van der Waals surface area contributed by atoms with Gasteiger partial charge in [0.25, 0.3) is 10.0 Å². The maximum absolute atomic E-state index is 12.2. The molecule has 0 bridgehead atoms. The highest BCUT2D eigenvalue weighted by molar-refractivity contribution is 7.89. The Bertz CT molecular complexity index is 547. The number of hydrogen-bond acceptors (Lipinski definition) is 5. The summed E-state index contributed by atoms with van der Waals surface area (Å²) in [5, 5.41) is 3.07. The van der Waals surface area contributed by atoms with E-state index in [9.17, 15) is 8.42 Å². The molecule has 2 rings (SSSR count).